The third kappa shape index (κ3) is 9.81. The van der Waals surface area contributed by atoms with Gasteiger partial charge in [0.2, 0.25) is 12.1 Å². The van der Waals surface area contributed by atoms with E-state index in [-0.39, 0.29) is 11.4 Å². The first kappa shape index (κ1) is 51.4. The predicted octanol–water partition coefficient (Wildman–Crippen LogP) is -10.4. The second kappa shape index (κ2) is 21.2. The predicted molar refractivity (Wildman–Crippen MR) is 206 cm³/mol. The van der Waals surface area contributed by atoms with Crippen molar-refractivity contribution < 1.29 is 119 Å². The van der Waals surface area contributed by atoms with Gasteiger partial charge in [-0.25, -0.2) is 10.0 Å². The van der Waals surface area contributed by atoms with E-state index in [0.29, 0.717) is 10.0 Å². The molecule has 0 saturated carbocycles. The van der Waals surface area contributed by atoms with Crippen molar-refractivity contribution in [1.82, 2.24) is 20.9 Å². The van der Waals surface area contributed by atoms with Crippen molar-refractivity contribution in [2.45, 2.75) is 135 Å². The van der Waals surface area contributed by atoms with Gasteiger partial charge in [0.1, 0.15) is 97.7 Å². The number of aliphatic hydroxyl groups is 14. The number of nitrogens with zero attached hydrogens (tertiary/aromatic N) is 6. The van der Waals surface area contributed by atoms with Crippen molar-refractivity contribution in [2.75, 3.05) is 26.4 Å². The molecule has 0 aromatic heterocycles. The number of hydrogen-bond donors (Lipinski definition) is 16. The summed E-state index contributed by atoms with van der Waals surface area (Å²) in [4.78, 5) is 52.3. The number of benzene rings is 1. The van der Waals surface area contributed by atoms with Crippen LogP contribution in [0.15, 0.2) is 44.7 Å². The highest BCUT2D eigenvalue weighted by Gasteiger charge is 2.57. The van der Waals surface area contributed by atoms with E-state index in [1.807, 2.05) is 0 Å². The van der Waals surface area contributed by atoms with Gasteiger partial charge in [0.05, 0.1) is 37.8 Å². The zero-order valence-electron chi connectivity index (χ0n) is 34.9. The molecular formula is C36H50N8O24. The molecule has 1 aromatic carbocycles. The Morgan fingerprint density at radius 3 is 1.12 bits per heavy atom. The Bertz CT molecular complexity index is 1880. The first-order valence-corrected chi connectivity index (χ1v) is 20.7. The zero-order valence-corrected chi connectivity index (χ0v) is 34.9. The fourth-order valence-electron chi connectivity index (χ4n) is 7.94. The quantitative estimate of drug-likeness (QED) is 0.0608. The largest absolute Gasteiger partial charge is 0.394 e. The topological polar surface area (TPSA) is 487 Å². The molecule has 7 rings (SSSR count). The average Bonchev–Trinajstić information content (AvgIpc) is 3.78. The molecule has 32 nitrogen and oxygen atoms in total. The van der Waals surface area contributed by atoms with Gasteiger partial charge >= 0.3 is 0 Å². The van der Waals surface area contributed by atoms with E-state index in [2.05, 4.69) is 31.3 Å². The molecule has 22 atom stereocenters. The standard InChI is InChI=1S/C36H50N8O24/c45-5-11-17(49)19(51)25(57)35(65-11)67-27-13(7-47)63-33(23(55)21(27)53)43-31(61)15(29(59)41-43)39-37-9-1-2-10(4-3-9)38-40-16-30(60)42-44(32(16)62)34-24(56)22(54)28(14(8-48)64-34)68-36-26(58)20(52)18(50)12(6-46)66-36/h1-4,11-28,33-36,45-58H,5-8H2,(H,41,59)(H,42,60)/t11-,12-,13-,14-,15?,16?,17+,18+,19+,20+,21-,22-,23-,24-,25-,26-,27-,28-,33?,34?,35?,36?/m1/s1. The maximum absolute atomic E-state index is 13.3. The van der Waals surface area contributed by atoms with E-state index < -0.39 is 185 Å². The molecule has 0 spiro atoms. The van der Waals surface area contributed by atoms with Crippen molar-refractivity contribution in [2.24, 2.45) is 20.5 Å². The maximum Gasteiger partial charge on any atom is 0.280 e. The van der Waals surface area contributed by atoms with E-state index in [1.165, 1.54) is 24.3 Å². The highest BCUT2D eigenvalue weighted by molar-refractivity contribution is 6.10. The molecule has 6 saturated heterocycles. The molecule has 0 bridgehead atoms. The van der Waals surface area contributed by atoms with Gasteiger partial charge in [-0.05, 0) is 24.3 Å². The number of azo groups is 2. The summed E-state index contributed by atoms with van der Waals surface area (Å²) in [5.74, 6) is -4.32. The first-order valence-electron chi connectivity index (χ1n) is 20.7. The molecule has 0 aliphatic carbocycles. The lowest BCUT2D eigenvalue weighted by Crippen LogP contribution is -2.67. The van der Waals surface area contributed by atoms with Crippen LogP contribution in [0.5, 0.6) is 0 Å². The minimum atomic E-state index is -2.05. The van der Waals surface area contributed by atoms with Crippen molar-refractivity contribution in [1.29, 1.82) is 0 Å². The van der Waals surface area contributed by atoms with E-state index in [4.69, 9.17) is 28.4 Å². The van der Waals surface area contributed by atoms with Crippen LogP contribution in [0.2, 0.25) is 0 Å². The Morgan fingerprint density at radius 1 is 0.456 bits per heavy atom. The normalized spacial score (nSPS) is 43.7. The minimum absolute atomic E-state index is 0.0380. The summed E-state index contributed by atoms with van der Waals surface area (Å²) in [6, 6.07) is 1.43. The molecule has 4 amide bonds. The second-order valence-corrected chi connectivity index (χ2v) is 16.2. The van der Waals surface area contributed by atoms with Crippen LogP contribution in [0, 0.1) is 0 Å². The van der Waals surface area contributed by atoms with Crippen LogP contribution in [0.4, 0.5) is 11.4 Å². The Hall–Kier alpha value is -4.50. The molecule has 6 aliphatic rings. The lowest BCUT2D eigenvalue weighted by atomic mass is 9.96. The lowest BCUT2D eigenvalue weighted by molar-refractivity contribution is -0.348. The van der Waals surface area contributed by atoms with Crippen molar-refractivity contribution in [3.63, 3.8) is 0 Å². The number of rotatable bonds is 14. The molecule has 6 unspecified atom stereocenters. The number of aliphatic hydroxyl groups excluding tert-OH is 14. The van der Waals surface area contributed by atoms with Gasteiger partial charge in [0, 0.05) is 0 Å². The van der Waals surface area contributed by atoms with Crippen molar-refractivity contribution in [3.8, 4) is 0 Å². The Kier molecular flexibility index (Phi) is 16.0. The van der Waals surface area contributed by atoms with Gasteiger partial charge < -0.3 is 99.9 Å². The second-order valence-electron chi connectivity index (χ2n) is 16.2. The highest BCUT2D eigenvalue weighted by atomic mass is 16.7. The molecule has 0 radical (unpaired) electrons. The molecule has 378 valence electrons. The van der Waals surface area contributed by atoms with E-state index in [0.717, 1.165) is 0 Å². The summed E-state index contributed by atoms with van der Waals surface area (Å²) in [5, 5.41) is 160. The summed E-state index contributed by atoms with van der Waals surface area (Å²) in [7, 11) is 0. The highest BCUT2D eigenvalue weighted by Crippen LogP contribution is 2.34. The van der Waals surface area contributed by atoms with Gasteiger partial charge in [0.25, 0.3) is 23.6 Å². The summed E-state index contributed by atoms with van der Waals surface area (Å²) in [6.45, 7) is -3.46. The third-order valence-corrected chi connectivity index (χ3v) is 11.8. The lowest BCUT2D eigenvalue weighted by Gasteiger charge is -2.47. The number of hydrazine groups is 2. The fraction of sp³-hybridized carbons (Fsp3) is 0.722. The van der Waals surface area contributed by atoms with Gasteiger partial charge in [-0.1, -0.05) is 0 Å². The number of hydrogen-bond acceptors (Lipinski definition) is 28. The van der Waals surface area contributed by atoms with Gasteiger partial charge in [-0.15, -0.1) is 0 Å². The summed E-state index contributed by atoms with van der Waals surface area (Å²) in [5.41, 5.74) is 4.36. The van der Waals surface area contributed by atoms with E-state index >= 15 is 0 Å². The van der Waals surface area contributed by atoms with Crippen LogP contribution in [0.3, 0.4) is 0 Å². The third-order valence-electron chi connectivity index (χ3n) is 11.8. The monoisotopic (exact) mass is 978 g/mol. The molecule has 1 aromatic rings. The van der Waals surface area contributed by atoms with Gasteiger partial charge in [0.15, 0.2) is 25.0 Å². The molecule has 6 heterocycles. The molecule has 6 aliphatic heterocycles. The number of amides is 4. The first-order chi connectivity index (χ1) is 32.3. The molecular weight excluding hydrogens is 928 g/mol. The fourth-order valence-corrected chi connectivity index (χ4v) is 7.94. The van der Waals surface area contributed by atoms with Crippen LogP contribution in [-0.2, 0) is 47.6 Å². The van der Waals surface area contributed by atoms with Crippen molar-refractivity contribution >= 4 is 35.0 Å². The maximum atomic E-state index is 13.3. The molecule has 16 N–H and O–H groups in total. The van der Waals surface area contributed by atoms with Crippen LogP contribution in [0.1, 0.15) is 0 Å². The molecule has 68 heavy (non-hydrogen) atoms. The van der Waals surface area contributed by atoms with Crippen LogP contribution in [0.25, 0.3) is 0 Å². The SMILES string of the molecule is O=C1NN(C2O[C@H](CO)[C@@H](OC3O[C@H](CO)[C@H](O)[C@H](O)[C@H]3O)[C@H](O)[C@H]2O)C(=O)C1N=Nc1ccc(N=NC2C(=O)NN(C3O[C@H](CO)[C@@H](OC4O[C@H](CO)[C@H](O)[C@H](O)[C@H]4O)[C@H](O)[C@H]3O)C2=O)cc1. The zero-order chi connectivity index (χ0) is 49.5. The number of ether oxygens (including phenoxy) is 6. The van der Waals surface area contributed by atoms with Crippen LogP contribution in [-0.4, -0.2) is 266 Å². The number of nitrogens with one attached hydrogen (secondary N) is 2. The molecule has 32 heteroatoms. The Balaban J connectivity index is 0.937. The minimum Gasteiger partial charge on any atom is -0.394 e. The van der Waals surface area contributed by atoms with E-state index in [1.54, 1.807) is 0 Å². The number of carbonyl (C=O) groups is 4. The number of carbonyl (C=O) groups excluding carboxylic acids is 4. The van der Waals surface area contributed by atoms with Crippen LogP contribution < -0.4 is 10.9 Å². The summed E-state index contributed by atoms with van der Waals surface area (Å²) >= 11 is 0. The summed E-state index contributed by atoms with van der Waals surface area (Å²) < 4.78 is 32.7. The van der Waals surface area contributed by atoms with E-state index in [9.17, 15) is 90.7 Å². The Labute approximate surface area is 380 Å². The average molecular weight is 979 g/mol. The van der Waals surface area contributed by atoms with Gasteiger partial charge in [-0.2, -0.15) is 20.5 Å². The van der Waals surface area contributed by atoms with Crippen LogP contribution >= 0.6 is 0 Å². The van der Waals surface area contributed by atoms with Gasteiger partial charge in [-0.3, -0.25) is 30.0 Å². The Morgan fingerprint density at radius 2 is 0.794 bits per heavy atom. The smallest absolute Gasteiger partial charge is 0.280 e. The summed E-state index contributed by atoms with van der Waals surface area (Å²) in [6.07, 6.45) is -35.8. The van der Waals surface area contributed by atoms with Crippen molar-refractivity contribution in [3.05, 3.63) is 24.3 Å². The molecule has 6 fully saturated rings.